The summed E-state index contributed by atoms with van der Waals surface area (Å²) in [6.45, 7) is 3.33. The Bertz CT molecular complexity index is 1380. The number of nitrogens with one attached hydrogen (secondary N) is 3. The van der Waals surface area contributed by atoms with Crippen molar-refractivity contribution in [3.8, 4) is 0 Å². The number of nitrogens with zero attached hydrogens (tertiary/aromatic N) is 4. The molecule has 0 spiro atoms. The van der Waals surface area contributed by atoms with Crippen molar-refractivity contribution < 1.29 is 14.4 Å². The first kappa shape index (κ1) is 23.9. The molecule has 2 aromatic heterocycles. The van der Waals surface area contributed by atoms with Crippen LogP contribution in [0.4, 0.5) is 0 Å². The minimum Gasteiger partial charge on any atom is -0.344 e. The number of hydrogen-bond acceptors (Lipinski definition) is 6. The fourth-order valence-corrected chi connectivity index (χ4v) is 3.69. The van der Waals surface area contributed by atoms with Crippen molar-refractivity contribution in [3.05, 3.63) is 63.1 Å². The van der Waals surface area contributed by atoms with E-state index in [-0.39, 0.29) is 29.5 Å². The largest absolute Gasteiger partial charge is 0.344 e. The van der Waals surface area contributed by atoms with E-state index in [0.29, 0.717) is 6.54 Å². The highest BCUT2D eigenvalue weighted by Gasteiger charge is 2.31. The maximum Gasteiger partial charge on any atom is 0.333 e. The first-order valence-electron chi connectivity index (χ1n) is 11.4. The van der Waals surface area contributed by atoms with Crippen molar-refractivity contribution in [2.45, 2.75) is 52.4 Å². The highest BCUT2D eigenvalue weighted by atomic mass is 16.2. The fourth-order valence-electron chi connectivity index (χ4n) is 3.69. The van der Waals surface area contributed by atoms with Gasteiger partial charge in [0.05, 0.1) is 12.9 Å². The molecule has 0 bridgehead atoms. The summed E-state index contributed by atoms with van der Waals surface area (Å²) in [5.41, 5.74) is 4.34. The van der Waals surface area contributed by atoms with Crippen LogP contribution in [0.15, 0.2) is 46.2 Å². The predicted molar refractivity (Wildman–Crippen MR) is 126 cm³/mol. The van der Waals surface area contributed by atoms with Crippen LogP contribution in [0.3, 0.4) is 0 Å². The molecule has 12 heteroatoms. The SMILES string of the molecule is CCn1cnc2c1c(=O)n(CC(=O)NNC(=O)C(C)NC(=O)C1CC1)c(=O)n2Cc1ccccc1. The second-order valence-electron chi connectivity index (χ2n) is 8.49. The van der Waals surface area contributed by atoms with Crippen LogP contribution >= 0.6 is 0 Å². The molecule has 1 unspecified atom stereocenters. The van der Waals surface area contributed by atoms with E-state index in [1.807, 2.05) is 37.3 Å². The minimum atomic E-state index is -0.857. The first-order chi connectivity index (χ1) is 16.8. The number of hydrazine groups is 1. The molecule has 184 valence electrons. The van der Waals surface area contributed by atoms with Gasteiger partial charge in [0.25, 0.3) is 17.4 Å². The van der Waals surface area contributed by atoms with Gasteiger partial charge in [-0.1, -0.05) is 30.3 Å². The Labute approximate surface area is 199 Å². The Morgan fingerprint density at radius 2 is 1.80 bits per heavy atom. The molecule has 1 atom stereocenters. The Morgan fingerprint density at radius 3 is 2.46 bits per heavy atom. The van der Waals surface area contributed by atoms with Crippen molar-refractivity contribution in [3.63, 3.8) is 0 Å². The van der Waals surface area contributed by atoms with Gasteiger partial charge in [-0.15, -0.1) is 0 Å². The van der Waals surface area contributed by atoms with Gasteiger partial charge in [0, 0.05) is 12.5 Å². The molecule has 35 heavy (non-hydrogen) atoms. The fraction of sp³-hybridized carbons (Fsp3) is 0.391. The molecule has 3 N–H and O–H groups in total. The predicted octanol–water partition coefficient (Wildman–Crippen LogP) is -0.510. The summed E-state index contributed by atoms with van der Waals surface area (Å²) in [6, 6.07) is 8.35. The van der Waals surface area contributed by atoms with Crippen molar-refractivity contribution in [1.29, 1.82) is 0 Å². The van der Waals surface area contributed by atoms with Crippen LogP contribution in [-0.4, -0.2) is 42.4 Å². The van der Waals surface area contributed by atoms with Crippen LogP contribution in [0.1, 0.15) is 32.3 Å². The van der Waals surface area contributed by atoms with Crippen LogP contribution in [0.25, 0.3) is 11.2 Å². The minimum absolute atomic E-state index is 0.0590. The third-order valence-corrected chi connectivity index (χ3v) is 5.83. The second-order valence-corrected chi connectivity index (χ2v) is 8.49. The lowest BCUT2D eigenvalue weighted by molar-refractivity contribution is -0.132. The van der Waals surface area contributed by atoms with Crippen LogP contribution in [0, 0.1) is 5.92 Å². The zero-order valence-corrected chi connectivity index (χ0v) is 19.5. The maximum absolute atomic E-state index is 13.2. The lowest BCUT2D eigenvalue weighted by atomic mass is 10.2. The number of fused-ring (bicyclic) bond motifs is 1. The number of imidazole rings is 1. The second kappa shape index (κ2) is 9.95. The van der Waals surface area contributed by atoms with E-state index in [2.05, 4.69) is 21.2 Å². The molecular weight excluding hydrogens is 454 g/mol. The molecule has 1 aliphatic rings. The molecule has 3 amide bonds. The van der Waals surface area contributed by atoms with Gasteiger partial charge in [0.15, 0.2) is 11.2 Å². The number of aryl methyl sites for hydroxylation is 1. The lowest BCUT2D eigenvalue weighted by Gasteiger charge is -2.15. The van der Waals surface area contributed by atoms with E-state index < -0.39 is 35.6 Å². The lowest BCUT2D eigenvalue weighted by Crippen LogP contribution is -2.53. The number of carbonyl (C=O) groups excluding carboxylic acids is 3. The van der Waals surface area contributed by atoms with Gasteiger partial charge in [-0.05, 0) is 32.3 Å². The standard InChI is InChI=1S/C23H27N7O5/c1-3-28-13-24-19-18(28)22(34)30(23(35)29(19)11-15-7-5-4-6-8-15)12-17(31)26-27-20(32)14(2)25-21(33)16-9-10-16/h4-8,13-14,16H,3,9-12H2,1-2H3,(H,25,33)(H,26,31)(H,27,32). The number of rotatable bonds is 8. The molecule has 0 saturated heterocycles. The van der Waals surface area contributed by atoms with Crippen molar-refractivity contribution in [2.24, 2.45) is 5.92 Å². The zero-order valence-electron chi connectivity index (χ0n) is 19.5. The van der Waals surface area contributed by atoms with Crippen molar-refractivity contribution in [2.75, 3.05) is 0 Å². The van der Waals surface area contributed by atoms with Gasteiger partial charge >= 0.3 is 5.69 Å². The Hall–Kier alpha value is -4.22. The zero-order chi connectivity index (χ0) is 25.1. The molecule has 1 aliphatic carbocycles. The number of carbonyl (C=O) groups is 3. The van der Waals surface area contributed by atoms with Crippen LogP contribution < -0.4 is 27.4 Å². The van der Waals surface area contributed by atoms with E-state index in [1.165, 1.54) is 17.8 Å². The Balaban J connectivity index is 1.54. The van der Waals surface area contributed by atoms with Gasteiger partial charge in [-0.25, -0.2) is 14.3 Å². The number of benzene rings is 1. The molecule has 0 aliphatic heterocycles. The Kier molecular flexibility index (Phi) is 6.80. The molecule has 1 saturated carbocycles. The molecular formula is C23H27N7O5. The first-order valence-corrected chi connectivity index (χ1v) is 11.4. The van der Waals surface area contributed by atoms with E-state index in [9.17, 15) is 24.0 Å². The summed E-state index contributed by atoms with van der Waals surface area (Å²) in [4.78, 5) is 67.2. The summed E-state index contributed by atoms with van der Waals surface area (Å²) >= 11 is 0. The molecule has 1 fully saturated rings. The van der Waals surface area contributed by atoms with Crippen LogP contribution in [0.2, 0.25) is 0 Å². The average molecular weight is 482 g/mol. The molecule has 3 aromatic rings. The van der Waals surface area contributed by atoms with Gasteiger partial charge < -0.3 is 9.88 Å². The molecule has 2 heterocycles. The van der Waals surface area contributed by atoms with Crippen molar-refractivity contribution >= 4 is 28.9 Å². The quantitative estimate of drug-likeness (QED) is 0.369. The smallest absolute Gasteiger partial charge is 0.333 e. The van der Waals surface area contributed by atoms with Crippen LogP contribution in [0.5, 0.6) is 0 Å². The van der Waals surface area contributed by atoms with Crippen LogP contribution in [-0.2, 0) is 34.0 Å². The molecule has 4 rings (SSSR count). The van der Waals surface area contributed by atoms with Gasteiger partial charge in [0.2, 0.25) is 5.91 Å². The van der Waals surface area contributed by atoms with E-state index in [4.69, 9.17) is 0 Å². The summed E-state index contributed by atoms with van der Waals surface area (Å²) in [5.74, 6) is -1.66. The van der Waals surface area contributed by atoms with Gasteiger partial charge in [-0.2, -0.15) is 0 Å². The Morgan fingerprint density at radius 1 is 1.09 bits per heavy atom. The summed E-state index contributed by atoms with van der Waals surface area (Å²) in [6.07, 6.45) is 3.08. The van der Waals surface area contributed by atoms with E-state index >= 15 is 0 Å². The normalized spacial score (nSPS) is 13.9. The third kappa shape index (κ3) is 5.15. The number of hydrogen-bond donors (Lipinski definition) is 3. The average Bonchev–Trinajstić information content (AvgIpc) is 3.62. The summed E-state index contributed by atoms with van der Waals surface area (Å²) in [5, 5.41) is 2.57. The topological polar surface area (TPSA) is 149 Å². The highest BCUT2D eigenvalue weighted by Crippen LogP contribution is 2.28. The van der Waals surface area contributed by atoms with Gasteiger partial charge in [-0.3, -0.25) is 34.6 Å². The van der Waals surface area contributed by atoms with E-state index in [1.54, 1.807) is 4.57 Å². The molecule has 0 radical (unpaired) electrons. The maximum atomic E-state index is 13.2. The summed E-state index contributed by atoms with van der Waals surface area (Å²) < 4.78 is 3.78. The third-order valence-electron chi connectivity index (χ3n) is 5.83. The van der Waals surface area contributed by atoms with Crippen molar-refractivity contribution in [1.82, 2.24) is 34.9 Å². The number of aromatic nitrogens is 4. The highest BCUT2D eigenvalue weighted by molar-refractivity contribution is 5.90. The number of amides is 3. The molecule has 12 nitrogen and oxygen atoms in total. The summed E-state index contributed by atoms with van der Waals surface area (Å²) in [7, 11) is 0. The van der Waals surface area contributed by atoms with E-state index in [0.717, 1.165) is 23.0 Å². The monoisotopic (exact) mass is 481 g/mol. The molecule has 1 aromatic carbocycles. The van der Waals surface area contributed by atoms with Gasteiger partial charge in [0.1, 0.15) is 12.6 Å².